The molecule has 2 aromatic rings. The SMILES string of the molecule is O=S(=O)(Cc1cccc(Cl)c1)c1nnc(N2CCCC2)s1. The van der Waals surface area contributed by atoms with E-state index in [-0.39, 0.29) is 10.1 Å². The minimum absolute atomic E-state index is 0.0735. The standard InChI is InChI=1S/C13H14ClN3O2S2/c14-11-5-3-4-10(8-11)9-21(18,19)13-16-15-12(20-13)17-6-1-2-7-17/h3-5,8H,1-2,6-7,9H2. The van der Waals surface area contributed by atoms with Gasteiger partial charge in [-0.15, -0.1) is 10.2 Å². The molecule has 21 heavy (non-hydrogen) atoms. The van der Waals surface area contributed by atoms with Crippen LogP contribution in [0.3, 0.4) is 0 Å². The Kier molecular flexibility index (Phi) is 4.14. The molecule has 1 aliphatic rings. The third kappa shape index (κ3) is 3.36. The Labute approximate surface area is 132 Å². The number of nitrogens with zero attached hydrogens (tertiary/aromatic N) is 3. The van der Waals surface area contributed by atoms with Crippen LogP contribution in [0, 0.1) is 0 Å². The summed E-state index contributed by atoms with van der Waals surface area (Å²) in [6.07, 6.45) is 2.23. The molecule has 0 spiro atoms. The zero-order chi connectivity index (χ0) is 14.9. The highest BCUT2D eigenvalue weighted by atomic mass is 35.5. The monoisotopic (exact) mass is 343 g/mol. The van der Waals surface area contributed by atoms with E-state index in [1.165, 1.54) is 0 Å². The minimum atomic E-state index is -3.48. The van der Waals surface area contributed by atoms with Gasteiger partial charge in [-0.1, -0.05) is 35.1 Å². The molecule has 0 amide bonds. The lowest BCUT2D eigenvalue weighted by atomic mass is 10.2. The van der Waals surface area contributed by atoms with Gasteiger partial charge in [0.15, 0.2) is 0 Å². The molecule has 1 aromatic carbocycles. The van der Waals surface area contributed by atoms with Crippen LogP contribution < -0.4 is 4.90 Å². The van der Waals surface area contributed by atoms with E-state index in [1.807, 2.05) is 0 Å². The fourth-order valence-corrected chi connectivity index (χ4v) is 4.93. The third-order valence-electron chi connectivity index (χ3n) is 3.28. The first kappa shape index (κ1) is 14.7. The molecule has 1 aromatic heterocycles. The van der Waals surface area contributed by atoms with Crippen molar-refractivity contribution in [2.75, 3.05) is 18.0 Å². The molecule has 8 heteroatoms. The van der Waals surface area contributed by atoms with Crippen LogP contribution in [0.15, 0.2) is 28.6 Å². The maximum Gasteiger partial charge on any atom is 0.234 e. The smallest absolute Gasteiger partial charge is 0.234 e. The van der Waals surface area contributed by atoms with Crippen molar-refractivity contribution in [3.8, 4) is 0 Å². The van der Waals surface area contributed by atoms with E-state index in [0.29, 0.717) is 15.7 Å². The predicted octanol–water partition coefficient (Wildman–Crippen LogP) is 2.77. The topological polar surface area (TPSA) is 63.2 Å². The number of rotatable bonds is 4. The summed E-state index contributed by atoms with van der Waals surface area (Å²) in [4.78, 5) is 2.08. The van der Waals surface area contributed by atoms with E-state index < -0.39 is 9.84 Å². The molecule has 1 fully saturated rings. The van der Waals surface area contributed by atoms with Crippen LogP contribution in [-0.4, -0.2) is 31.7 Å². The van der Waals surface area contributed by atoms with Crippen LogP contribution in [0.2, 0.25) is 5.02 Å². The van der Waals surface area contributed by atoms with Crippen molar-refractivity contribution in [2.24, 2.45) is 0 Å². The summed E-state index contributed by atoms with van der Waals surface area (Å²) in [6, 6.07) is 6.85. The van der Waals surface area contributed by atoms with Gasteiger partial charge in [0.1, 0.15) is 0 Å². The quantitative estimate of drug-likeness (QED) is 0.854. The Hall–Kier alpha value is -1.18. The number of hydrogen-bond acceptors (Lipinski definition) is 6. The molecule has 0 saturated carbocycles. The zero-order valence-electron chi connectivity index (χ0n) is 11.2. The number of halogens is 1. The number of anilines is 1. The van der Waals surface area contributed by atoms with Gasteiger partial charge in [0.2, 0.25) is 19.3 Å². The fraction of sp³-hybridized carbons (Fsp3) is 0.385. The van der Waals surface area contributed by atoms with Crippen molar-refractivity contribution in [3.05, 3.63) is 34.9 Å². The van der Waals surface area contributed by atoms with E-state index in [4.69, 9.17) is 11.6 Å². The summed E-state index contributed by atoms with van der Waals surface area (Å²) in [5.41, 5.74) is 0.653. The molecule has 0 unspecified atom stereocenters. The highest BCUT2D eigenvalue weighted by Crippen LogP contribution is 2.28. The summed E-state index contributed by atoms with van der Waals surface area (Å²) in [5.74, 6) is -0.109. The number of sulfone groups is 1. The largest absolute Gasteiger partial charge is 0.347 e. The van der Waals surface area contributed by atoms with Gasteiger partial charge in [0.25, 0.3) is 0 Å². The molecule has 0 bridgehead atoms. The fourth-order valence-electron chi connectivity index (χ4n) is 2.27. The Bertz CT molecular complexity index is 739. The van der Waals surface area contributed by atoms with E-state index in [9.17, 15) is 8.42 Å². The summed E-state index contributed by atoms with van der Waals surface area (Å²) in [7, 11) is -3.48. The maximum atomic E-state index is 12.4. The van der Waals surface area contributed by atoms with Gasteiger partial charge >= 0.3 is 0 Å². The molecule has 3 rings (SSSR count). The van der Waals surface area contributed by atoms with Crippen LogP contribution in [0.5, 0.6) is 0 Å². The molecular weight excluding hydrogens is 330 g/mol. The summed E-state index contributed by atoms with van der Waals surface area (Å²) >= 11 is 7.03. The Morgan fingerprint density at radius 3 is 2.71 bits per heavy atom. The van der Waals surface area contributed by atoms with Gasteiger partial charge in [-0.3, -0.25) is 0 Å². The van der Waals surface area contributed by atoms with Crippen molar-refractivity contribution in [3.63, 3.8) is 0 Å². The summed E-state index contributed by atoms with van der Waals surface area (Å²) < 4.78 is 24.8. The van der Waals surface area contributed by atoms with Crippen molar-refractivity contribution < 1.29 is 8.42 Å². The van der Waals surface area contributed by atoms with Crippen LogP contribution >= 0.6 is 22.9 Å². The van der Waals surface area contributed by atoms with E-state index in [1.54, 1.807) is 24.3 Å². The van der Waals surface area contributed by atoms with Crippen LogP contribution in [0.4, 0.5) is 5.13 Å². The first-order valence-electron chi connectivity index (χ1n) is 6.60. The van der Waals surface area contributed by atoms with Gasteiger partial charge < -0.3 is 4.90 Å². The van der Waals surface area contributed by atoms with E-state index in [2.05, 4.69) is 15.1 Å². The molecule has 112 valence electrons. The number of aromatic nitrogens is 2. The molecule has 1 saturated heterocycles. The van der Waals surface area contributed by atoms with Gasteiger partial charge in [-0.2, -0.15) is 0 Å². The summed E-state index contributed by atoms with van der Waals surface area (Å²) in [5, 5.41) is 9.09. The van der Waals surface area contributed by atoms with Crippen LogP contribution in [-0.2, 0) is 15.6 Å². The van der Waals surface area contributed by atoms with Crippen molar-refractivity contribution >= 4 is 37.9 Å². The van der Waals surface area contributed by atoms with E-state index >= 15 is 0 Å². The van der Waals surface area contributed by atoms with Crippen LogP contribution in [0.25, 0.3) is 0 Å². The van der Waals surface area contributed by atoms with E-state index in [0.717, 1.165) is 37.3 Å². The molecule has 0 radical (unpaired) electrons. The average Bonchev–Trinajstić information content (AvgIpc) is 3.10. The van der Waals surface area contributed by atoms with Gasteiger partial charge in [-0.05, 0) is 30.5 Å². The minimum Gasteiger partial charge on any atom is -0.347 e. The average molecular weight is 344 g/mol. The first-order chi connectivity index (χ1) is 10.0. The molecule has 0 atom stereocenters. The van der Waals surface area contributed by atoms with Gasteiger partial charge in [0.05, 0.1) is 5.75 Å². The molecule has 0 N–H and O–H groups in total. The van der Waals surface area contributed by atoms with Gasteiger partial charge in [0, 0.05) is 18.1 Å². The van der Waals surface area contributed by atoms with Crippen molar-refractivity contribution in [1.29, 1.82) is 0 Å². The van der Waals surface area contributed by atoms with Gasteiger partial charge in [-0.25, -0.2) is 8.42 Å². The molecule has 5 nitrogen and oxygen atoms in total. The number of benzene rings is 1. The Balaban J connectivity index is 1.81. The first-order valence-corrected chi connectivity index (χ1v) is 9.45. The molecule has 1 aliphatic heterocycles. The Morgan fingerprint density at radius 2 is 2.00 bits per heavy atom. The zero-order valence-corrected chi connectivity index (χ0v) is 13.6. The predicted molar refractivity (Wildman–Crippen MR) is 83.7 cm³/mol. The lowest BCUT2D eigenvalue weighted by Gasteiger charge is -2.10. The summed E-state index contributed by atoms with van der Waals surface area (Å²) in [6.45, 7) is 1.84. The second-order valence-electron chi connectivity index (χ2n) is 4.93. The molecular formula is C13H14ClN3O2S2. The van der Waals surface area contributed by atoms with Crippen LogP contribution in [0.1, 0.15) is 18.4 Å². The lowest BCUT2D eigenvalue weighted by molar-refractivity contribution is 0.593. The normalized spacial score (nSPS) is 15.6. The Morgan fingerprint density at radius 1 is 1.24 bits per heavy atom. The number of hydrogen-bond donors (Lipinski definition) is 0. The lowest BCUT2D eigenvalue weighted by Crippen LogP contribution is -2.17. The molecule has 0 aliphatic carbocycles. The second kappa shape index (κ2) is 5.90. The molecule has 2 heterocycles. The second-order valence-corrected chi connectivity index (χ2v) is 8.49. The third-order valence-corrected chi connectivity index (χ3v) is 6.64. The highest BCUT2D eigenvalue weighted by molar-refractivity contribution is 7.92. The van der Waals surface area contributed by atoms with Crippen molar-refractivity contribution in [1.82, 2.24) is 10.2 Å². The van der Waals surface area contributed by atoms with Crippen molar-refractivity contribution in [2.45, 2.75) is 22.9 Å². The highest BCUT2D eigenvalue weighted by Gasteiger charge is 2.24. The maximum absolute atomic E-state index is 12.4.